The van der Waals surface area contributed by atoms with Crippen LogP contribution in [0.2, 0.25) is 0 Å². The molecule has 2 heterocycles. The van der Waals surface area contributed by atoms with Crippen molar-refractivity contribution in [3.8, 4) is 62.1 Å². The highest BCUT2D eigenvalue weighted by Gasteiger charge is 2.36. The number of benzene rings is 6. The Bertz CT molecular complexity index is 2640. The van der Waals surface area contributed by atoms with Gasteiger partial charge in [-0.15, -0.1) is 0 Å². The lowest BCUT2D eigenvalue weighted by Crippen LogP contribution is -2.24. The van der Waals surface area contributed by atoms with Gasteiger partial charge in [-0.05, 0) is 122 Å². The summed E-state index contributed by atoms with van der Waals surface area (Å²) in [7, 11) is 0. The van der Waals surface area contributed by atoms with Gasteiger partial charge >= 0.3 is 0 Å². The fourth-order valence-electron chi connectivity index (χ4n) is 7.43. The van der Waals surface area contributed by atoms with Crippen molar-refractivity contribution >= 4 is 0 Å². The van der Waals surface area contributed by atoms with Gasteiger partial charge in [0.2, 0.25) is 0 Å². The molecule has 49 heavy (non-hydrogen) atoms. The molecule has 8 rings (SSSR count). The van der Waals surface area contributed by atoms with E-state index in [1.165, 1.54) is 0 Å². The predicted molar refractivity (Wildman–Crippen MR) is 201 cm³/mol. The van der Waals surface area contributed by atoms with Crippen LogP contribution in [-0.2, 0) is 11.0 Å². The molecule has 0 amide bonds. The minimum absolute atomic E-state index is 0.0391. The summed E-state index contributed by atoms with van der Waals surface area (Å²) in [4.78, 5) is 0. The van der Waals surface area contributed by atoms with Crippen molar-refractivity contribution in [3.05, 3.63) is 148 Å². The summed E-state index contributed by atoms with van der Waals surface area (Å²) in [6, 6.07) is 32.0. The second-order valence-electron chi connectivity index (χ2n) is 13.6. The smallest absolute Gasteiger partial charge is 0.169 e. The average molecular weight is 652 g/mol. The van der Waals surface area contributed by atoms with Gasteiger partial charge in [0, 0.05) is 40.0 Å². The first-order valence-corrected chi connectivity index (χ1v) is 16.4. The van der Waals surface area contributed by atoms with E-state index in [1.54, 1.807) is 67.6 Å². The van der Waals surface area contributed by atoms with E-state index in [1.807, 2.05) is 76.2 Å². The molecular weight excluding hydrogens is 601 g/mol. The third-order valence-electron chi connectivity index (χ3n) is 9.98. The lowest BCUT2D eigenvalue weighted by molar-refractivity contribution is 0.111. The maximum absolute atomic E-state index is 9.02. The monoisotopic (exact) mass is 651 g/mol. The van der Waals surface area contributed by atoms with Gasteiger partial charge in [-0.3, -0.25) is 0 Å². The van der Waals surface area contributed by atoms with Crippen LogP contribution in [0, 0.1) is 27.6 Å². The Morgan fingerprint density at radius 2 is 1.22 bits per heavy atom. The second kappa shape index (κ2) is 11.1. The van der Waals surface area contributed by atoms with Gasteiger partial charge in [0.15, 0.2) is 11.5 Å². The summed E-state index contributed by atoms with van der Waals surface area (Å²) in [5.74, 6) is 2.38. The molecule has 0 saturated carbocycles. The first-order chi connectivity index (χ1) is 27.1. The van der Waals surface area contributed by atoms with Gasteiger partial charge < -0.3 is 14.2 Å². The third kappa shape index (κ3) is 4.86. The van der Waals surface area contributed by atoms with E-state index in [2.05, 4.69) is 0 Å². The maximum atomic E-state index is 9.02. The number of ether oxygens (including phenoxy) is 3. The lowest BCUT2D eigenvalue weighted by atomic mass is 9.74. The van der Waals surface area contributed by atoms with Crippen LogP contribution < -0.4 is 14.2 Å². The summed E-state index contributed by atoms with van der Waals surface area (Å²) >= 11 is 0. The number of para-hydroxylation sites is 4. The Morgan fingerprint density at radius 3 is 2.00 bits per heavy atom. The molecule has 2 aliphatic heterocycles. The van der Waals surface area contributed by atoms with Gasteiger partial charge in [-0.1, -0.05) is 92.6 Å². The molecule has 2 aliphatic rings. The van der Waals surface area contributed by atoms with Crippen molar-refractivity contribution in [1.82, 2.24) is 0 Å². The highest BCUT2D eigenvalue weighted by atomic mass is 16.5. The van der Waals surface area contributed by atoms with Crippen LogP contribution in [0.25, 0.3) is 33.4 Å². The van der Waals surface area contributed by atoms with Crippen molar-refractivity contribution in [1.29, 1.82) is 0 Å². The standard InChI is InChI=1S/C46H42O3/c1-27-20-23-32(29(3)42(27)31-22-25-39-37(26-31)46(7,8)49-41-19-12-11-18-40(41)47-39)33-24-21-28(2)43(30(33)4)34-14-13-16-36-44(34)48-38-17-10-9-15-35(38)45(36,5)6/h9-26H,1-8H3/i1D3,4D3,5D3. The molecule has 3 heteroatoms. The van der Waals surface area contributed by atoms with Crippen LogP contribution in [0.4, 0.5) is 0 Å². The van der Waals surface area contributed by atoms with Crippen LogP contribution in [0.5, 0.6) is 28.7 Å². The van der Waals surface area contributed by atoms with E-state index in [4.69, 9.17) is 26.5 Å². The SMILES string of the molecule is [2H]C([2H])([2H])c1ccc(-c2ccc(C)c(-c3cccc4c3Oc3ccccc3C4(C)C([2H])([2H])[2H])c2C([2H])([2H])[2H])c(C)c1-c1ccc2c(c1)C(C)(C)Oc1ccccc1O2. The van der Waals surface area contributed by atoms with E-state index in [9.17, 15) is 0 Å². The van der Waals surface area contributed by atoms with Gasteiger partial charge in [0.05, 0.1) is 0 Å². The molecule has 1 atom stereocenters. The number of aryl methyl sites for hydroxylation is 2. The average Bonchev–Trinajstić information content (AvgIpc) is 3.25. The van der Waals surface area contributed by atoms with Crippen molar-refractivity contribution in [2.45, 2.75) is 66.2 Å². The lowest BCUT2D eigenvalue weighted by Gasteiger charge is -2.35. The largest absolute Gasteiger partial charge is 0.479 e. The number of hydrogen-bond acceptors (Lipinski definition) is 3. The molecule has 6 aromatic rings. The molecule has 0 N–H and O–H groups in total. The number of rotatable bonds is 3. The summed E-state index contributed by atoms with van der Waals surface area (Å²) in [5.41, 5.74) is 3.50. The Morgan fingerprint density at radius 1 is 0.531 bits per heavy atom. The van der Waals surface area contributed by atoms with Crippen molar-refractivity contribution < 1.29 is 26.5 Å². The van der Waals surface area contributed by atoms with Crippen molar-refractivity contribution in [3.63, 3.8) is 0 Å². The summed E-state index contributed by atoms with van der Waals surface area (Å²) in [6.07, 6.45) is 0. The van der Waals surface area contributed by atoms with E-state index < -0.39 is 31.6 Å². The van der Waals surface area contributed by atoms with E-state index >= 15 is 0 Å². The van der Waals surface area contributed by atoms with E-state index in [0.29, 0.717) is 84.2 Å². The Kier molecular flexibility index (Phi) is 5.08. The van der Waals surface area contributed by atoms with Crippen LogP contribution in [-0.4, -0.2) is 0 Å². The zero-order valence-electron chi connectivity index (χ0n) is 37.1. The zero-order valence-corrected chi connectivity index (χ0v) is 28.1. The number of fused-ring (bicyclic) bond motifs is 4. The molecule has 1 unspecified atom stereocenters. The first kappa shape index (κ1) is 22.4. The fourth-order valence-corrected chi connectivity index (χ4v) is 7.43. The summed E-state index contributed by atoms with van der Waals surface area (Å²) in [5, 5.41) is 0. The first-order valence-electron chi connectivity index (χ1n) is 20.9. The third-order valence-corrected chi connectivity index (χ3v) is 9.98. The van der Waals surface area contributed by atoms with Crippen LogP contribution in [0.3, 0.4) is 0 Å². The van der Waals surface area contributed by atoms with Crippen LogP contribution >= 0.6 is 0 Å². The minimum atomic E-state index is -2.67. The quantitative estimate of drug-likeness (QED) is 0.191. The Balaban J connectivity index is 1.37. The number of hydrogen-bond donors (Lipinski definition) is 0. The zero-order chi connectivity index (χ0) is 41.7. The molecular formula is C46H42O3. The summed E-state index contributed by atoms with van der Waals surface area (Å²) in [6.45, 7) is 1.50. The normalized spacial score (nSPS) is 20.4. The molecule has 3 nitrogen and oxygen atoms in total. The molecule has 0 saturated heterocycles. The Hall–Kier alpha value is -5.28. The topological polar surface area (TPSA) is 27.7 Å². The molecule has 0 bridgehead atoms. The molecule has 244 valence electrons. The maximum Gasteiger partial charge on any atom is 0.169 e. The van der Waals surface area contributed by atoms with Crippen molar-refractivity contribution in [2.75, 3.05) is 0 Å². The minimum Gasteiger partial charge on any atom is -0.479 e. The predicted octanol–water partition coefficient (Wildman–Crippen LogP) is 12.8. The molecule has 0 radical (unpaired) electrons. The second-order valence-corrected chi connectivity index (χ2v) is 13.6. The van der Waals surface area contributed by atoms with Gasteiger partial charge in [-0.2, -0.15) is 0 Å². The molecule has 0 aromatic heterocycles. The van der Waals surface area contributed by atoms with Gasteiger partial charge in [-0.25, -0.2) is 0 Å². The fraction of sp³-hybridized carbons (Fsp3) is 0.217. The van der Waals surface area contributed by atoms with Crippen LogP contribution in [0.1, 0.15) is 78.9 Å². The highest BCUT2D eigenvalue weighted by molar-refractivity contribution is 5.88. The van der Waals surface area contributed by atoms with Gasteiger partial charge in [0.1, 0.15) is 22.8 Å². The van der Waals surface area contributed by atoms with Gasteiger partial charge in [0.25, 0.3) is 0 Å². The van der Waals surface area contributed by atoms with Crippen molar-refractivity contribution in [2.24, 2.45) is 0 Å². The molecule has 0 fully saturated rings. The highest BCUT2D eigenvalue weighted by Crippen LogP contribution is 2.53. The molecule has 0 spiro atoms. The van der Waals surface area contributed by atoms with E-state index in [-0.39, 0.29) is 16.9 Å². The Labute approximate surface area is 302 Å². The molecule has 6 aromatic carbocycles. The van der Waals surface area contributed by atoms with Crippen LogP contribution in [0.15, 0.2) is 109 Å². The summed E-state index contributed by atoms with van der Waals surface area (Å²) < 4.78 is 98.3. The molecule has 0 aliphatic carbocycles. The van der Waals surface area contributed by atoms with E-state index in [0.717, 1.165) is 0 Å².